The van der Waals surface area contributed by atoms with E-state index >= 15 is 0 Å². The molecule has 0 saturated carbocycles. The first-order chi connectivity index (χ1) is 9.15. The van der Waals surface area contributed by atoms with E-state index < -0.39 is 0 Å². The second-order valence-electron chi connectivity index (χ2n) is 4.19. The Morgan fingerprint density at radius 3 is 2.53 bits per heavy atom. The zero-order valence-corrected chi connectivity index (χ0v) is 10.6. The summed E-state index contributed by atoms with van der Waals surface area (Å²) in [4.78, 5) is 11.9. The van der Waals surface area contributed by atoms with Crippen molar-refractivity contribution in [2.45, 2.75) is 6.92 Å². The van der Waals surface area contributed by atoms with Crippen LogP contribution in [-0.2, 0) is 0 Å². The number of hydrogen-bond donors (Lipinski definition) is 1. The predicted octanol–water partition coefficient (Wildman–Crippen LogP) is 4.02. The summed E-state index contributed by atoms with van der Waals surface area (Å²) < 4.78 is 13.0. The van der Waals surface area contributed by atoms with Gasteiger partial charge in [-0.1, -0.05) is 36.4 Å². The molecule has 0 spiro atoms. The SMILES string of the molecule is CC(=CC(=O)c1ccccc1)Nc1cccc(F)c1. The Kier molecular flexibility index (Phi) is 4.08. The molecule has 0 saturated heterocycles. The van der Waals surface area contributed by atoms with E-state index in [0.717, 1.165) is 0 Å². The molecule has 0 atom stereocenters. The van der Waals surface area contributed by atoms with Crippen LogP contribution in [-0.4, -0.2) is 5.78 Å². The van der Waals surface area contributed by atoms with Crippen LogP contribution in [0.5, 0.6) is 0 Å². The first-order valence-electron chi connectivity index (χ1n) is 5.95. The van der Waals surface area contributed by atoms with Gasteiger partial charge in [-0.05, 0) is 25.1 Å². The van der Waals surface area contributed by atoms with Crippen molar-refractivity contribution in [1.82, 2.24) is 0 Å². The van der Waals surface area contributed by atoms with Crippen molar-refractivity contribution in [3.05, 3.63) is 77.8 Å². The molecule has 2 aromatic carbocycles. The Morgan fingerprint density at radius 1 is 1.11 bits per heavy atom. The Hall–Kier alpha value is -2.42. The minimum Gasteiger partial charge on any atom is -0.359 e. The third-order valence-corrected chi connectivity index (χ3v) is 2.57. The van der Waals surface area contributed by atoms with Gasteiger partial charge in [-0.2, -0.15) is 0 Å². The van der Waals surface area contributed by atoms with Crippen LogP contribution in [0.4, 0.5) is 10.1 Å². The minimum atomic E-state index is -0.313. The number of carbonyl (C=O) groups is 1. The molecule has 0 aromatic heterocycles. The van der Waals surface area contributed by atoms with Crippen molar-refractivity contribution in [3.8, 4) is 0 Å². The molecule has 2 aromatic rings. The maximum atomic E-state index is 13.0. The van der Waals surface area contributed by atoms with Gasteiger partial charge in [-0.25, -0.2) is 4.39 Å². The van der Waals surface area contributed by atoms with E-state index in [1.54, 1.807) is 31.2 Å². The number of anilines is 1. The highest BCUT2D eigenvalue weighted by Gasteiger charge is 2.02. The molecular formula is C16H14FNO. The number of rotatable bonds is 4. The van der Waals surface area contributed by atoms with Crippen molar-refractivity contribution < 1.29 is 9.18 Å². The van der Waals surface area contributed by atoms with Crippen LogP contribution in [0, 0.1) is 5.82 Å². The van der Waals surface area contributed by atoms with Crippen LogP contribution in [0.1, 0.15) is 17.3 Å². The maximum absolute atomic E-state index is 13.0. The first kappa shape index (κ1) is 13.0. The molecule has 0 aliphatic rings. The average molecular weight is 255 g/mol. The molecular weight excluding hydrogens is 241 g/mol. The van der Waals surface area contributed by atoms with Crippen molar-refractivity contribution in [2.75, 3.05) is 5.32 Å². The Morgan fingerprint density at radius 2 is 1.84 bits per heavy atom. The lowest BCUT2D eigenvalue weighted by Crippen LogP contribution is -2.01. The Labute approximate surface area is 111 Å². The number of benzene rings is 2. The molecule has 0 fully saturated rings. The van der Waals surface area contributed by atoms with E-state index in [1.165, 1.54) is 18.2 Å². The van der Waals surface area contributed by atoms with E-state index in [9.17, 15) is 9.18 Å². The van der Waals surface area contributed by atoms with Gasteiger partial charge < -0.3 is 5.32 Å². The second kappa shape index (κ2) is 5.96. The fourth-order valence-electron chi connectivity index (χ4n) is 1.71. The van der Waals surface area contributed by atoms with Crippen LogP contribution in [0.25, 0.3) is 0 Å². The lowest BCUT2D eigenvalue weighted by atomic mass is 10.1. The van der Waals surface area contributed by atoms with E-state index in [2.05, 4.69) is 5.32 Å². The summed E-state index contributed by atoms with van der Waals surface area (Å²) in [7, 11) is 0. The molecule has 0 amide bonds. The molecule has 1 N–H and O–H groups in total. The largest absolute Gasteiger partial charge is 0.359 e. The maximum Gasteiger partial charge on any atom is 0.187 e. The quantitative estimate of drug-likeness (QED) is 0.660. The van der Waals surface area contributed by atoms with E-state index in [-0.39, 0.29) is 11.6 Å². The zero-order valence-electron chi connectivity index (χ0n) is 10.6. The number of allylic oxidation sites excluding steroid dienone is 2. The molecule has 0 radical (unpaired) electrons. The van der Waals surface area contributed by atoms with Crippen LogP contribution in [0.15, 0.2) is 66.4 Å². The fourth-order valence-corrected chi connectivity index (χ4v) is 1.71. The lowest BCUT2D eigenvalue weighted by Gasteiger charge is -2.06. The summed E-state index contributed by atoms with van der Waals surface area (Å²) in [6, 6.07) is 15.1. The highest BCUT2D eigenvalue weighted by Crippen LogP contribution is 2.12. The predicted molar refractivity (Wildman–Crippen MR) is 74.6 cm³/mol. The van der Waals surface area contributed by atoms with Gasteiger partial charge in [0.2, 0.25) is 0 Å². The van der Waals surface area contributed by atoms with Crippen molar-refractivity contribution in [1.29, 1.82) is 0 Å². The molecule has 0 aliphatic carbocycles. The molecule has 0 bridgehead atoms. The number of hydrogen-bond acceptors (Lipinski definition) is 2. The molecule has 3 heteroatoms. The van der Waals surface area contributed by atoms with Gasteiger partial charge in [0.1, 0.15) is 5.82 Å². The van der Waals surface area contributed by atoms with Gasteiger partial charge in [-0.3, -0.25) is 4.79 Å². The molecule has 0 heterocycles. The van der Waals surface area contributed by atoms with Gasteiger partial charge in [0, 0.05) is 23.0 Å². The van der Waals surface area contributed by atoms with Gasteiger partial charge in [0.05, 0.1) is 0 Å². The van der Waals surface area contributed by atoms with Crippen LogP contribution >= 0.6 is 0 Å². The molecule has 19 heavy (non-hydrogen) atoms. The number of halogens is 1. The molecule has 2 rings (SSSR count). The molecule has 96 valence electrons. The van der Waals surface area contributed by atoms with Crippen molar-refractivity contribution >= 4 is 11.5 Å². The molecule has 0 aliphatic heterocycles. The second-order valence-corrected chi connectivity index (χ2v) is 4.19. The summed E-state index contributed by atoms with van der Waals surface area (Å²) in [5.74, 6) is -0.394. The van der Waals surface area contributed by atoms with Gasteiger partial charge >= 0.3 is 0 Å². The van der Waals surface area contributed by atoms with Crippen LogP contribution in [0.2, 0.25) is 0 Å². The summed E-state index contributed by atoms with van der Waals surface area (Å²) >= 11 is 0. The highest BCUT2D eigenvalue weighted by molar-refractivity contribution is 6.05. The minimum absolute atomic E-state index is 0.0815. The monoisotopic (exact) mass is 255 g/mol. The lowest BCUT2D eigenvalue weighted by molar-refractivity contribution is 0.104. The summed E-state index contributed by atoms with van der Waals surface area (Å²) in [5, 5.41) is 2.98. The van der Waals surface area contributed by atoms with Crippen LogP contribution in [0.3, 0.4) is 0 Å². The van der Waals surface area contributed by atoms with Crippen LogP contribution < -0.4 is 5.32 Å². The summed E-state index contributed by atoms with van der Waals surface area (Å²) in [5.41, 5.74) is 1.91. The standard InChI is InChI=1S/C16H14FNO/c1-12(18-15-9-5-8-14(17)11-15)10-16(19)13-6-3-2-4-7-13/h2-11,18H,1H3. The van der Waals surface area contributed by atoms with Crippen molar-refractivity contribution in [2.24, 2.45) is 0 Å². The third kappa shape index (κ3) is 3.78. The smallest absolute Gasteiger partial charge is 0.187 e. The topological polar surface area (TPSA) is 29.1 Å². The number of ketones is 1. The molecule has 0 unspecified atom stereocenters. The van der Waals surface area contributed by atoms with E-state index in [1.807, 2.05) is 18.2 Å². The number of carbonyl (C=O) groups excluding carboxylic acids is 1. The Bertz CT molecular complexity index is 605. The third-order valence-electron chi connectivity index (χ3n) is 2.57. The average Bonchev–Trinajstić information content (AvgIpc) is 2.39. The zero-order chi connectivity index (χ0) is 13.7. The summed E-state index contributed by atoms with van der Waals surface area (Å²) in [6.45, 7) is 1.77. The Balaban J connectivity index is 2.09. The van der Waals surface area contributed by atoms with Crippen molar-refractivity contribution in [3.63, 3.8) is 0 Å². The van der Waals surface area contributed by atoms with Gasteiger partial charge in [0.15, 0.2) is 5.78 Å². The van der Waals surface area contributed by atoms with E-state index in [4.69, 9.17) is 0 Å². The summed E-state index contributed by atoms with van der Waals surface area (Å²) in [6.07, 6.45) is 1.50. The van der Waals surface area contributed by atoms with Gasteiger partial charge in [0.25, 0.3) is 0 Å². The normalized spacial score (nSPS) is 11.2. The number of nitrogens with one attached hydrogen (secondary N) is 1. The highest BCUT2D eigenvalue weighted by atomic mass is 19.1. The first-order valence-corrected chi connectivity index (χ1v) is 5.95. The molecule has 2 nitrogen and oxygen atoms in total. The van der Waals surface area contributed by atoms with Gasteiger partial charge in [-0.15, -0.1) is 0 Å². The van der Waals surface area contributed by atoms with E-state index in [0.29, 0.717) is 16.9 Å². The fraction of sp³-hybridized carbons (Fsp3) is 0.0625.